The number of benzene rings is 3. The smallest absolute Gasteiger partial charge is 0.163 e. The summed E-state index contributed by atoms with van der Waals surface area (Å²) in [6.45, 7) is 5.25. The Labute approximate surface area is 290 Å². The summed E-state index contributed by atoms with van der Waals surface area (Å²) in [7, 11) is 0. The van der Waals surface area contributed by atoms with E-state index in [-0.39, 0.29) is 11.6 Å². The number of aromatic amines is 1. The standard InChI is InChI=1S/C43H51FN2O3/c1-43-20-19-33-32-16-14-31(47)23-29(32)13-15-34(33)37(43)17-18-40(43)49-22-5-3-2-4-21-45-26-27-9-11-28(12-10-27)42-35-7-6-8-39(48)36-24-30(44)25-38(46-42)41(35)36/h9-12,14,16,23-25,33-34,37,40,45-47H,2-8,13,15,17-22,26H2,1H3/t33-,34-,37+,40?,43+/m1/s1. The molecule has 5 nitrogen and oxygen atoms in total. The van der Waals surface area contributed by atoms with Gasteiger partial charge in [0.1, 0.15) is 11.6 Å². The van der Waals surface area contributed by atoms with Crippen LogP contribution in [0.1, 0.15) is 116 Å². The van der Waals surface area contributed by atoms with Crippen LogP contribution >= 0.6 is 0 Å². The topological polar surface area (TPSA) is 74.3 Å². The molecule has 2 fully saturated rings. The van der Waals surface area contributed by atoms with Gasteiger partial charge in [-0.1, -0.05) is 50.1 Å². The minimum absolute atomic E-state index is 0.0353. The zero-order valence-electron chi connectivity index (χ0n) is 29.0. The SMILES string of the molecule is C[C@]12CC[C@@H]3c4ccc(O)cc4CC[C@H]3[C@@H]1CCC2OCCCCCCNCc1ccc(-c2[nH]c3cc(F)cc4c3c2CCCC4=O)cc1. The summed E-state index contributed by atoms with van der Waals surface area (Å²) >= 11 is 0. The Balaban J connectivity index is 0.755. The van der Waals surface area contributed by atoms with Crippen molar-refractivity contribution in [2.75, 3.05) is 13.2 Å². The first-order valence-electron chi connectivity index (χ1n) is 19.0. The van der Waals surface area contributed by atoms with Crippen molar-refractivity contribution in [2.45, 2.75) is 109 Å². The number of ketones is 1. The van der Waals surface area contributed by atoms with Crippen molar-refractivity contribution in [3.8, 4) is 17.0 Å². The number of aromatic nitrogens is 1. The van der Waals surface area contributed by atoms with E-state index < -0.39 is 0 Å². The molecule has 0 spiro atoms. The maximum atomic E-state index is 14.3. The number of rotatable bonds is 11. The van der Waals surface area contributed by atoms with Crippen molar-refractivity contribution < 1.29 is 19.0 Å². The first kappa shape index (κ1) is 32.7. The molecule has 0 radical (unpaired) electrons. The lowest BCUT2D eigenvalue weighted by Gasteiger charge is -2.50. The molecule has 0 amide bonds. The number of H-pyrrole nitrogens is 1. The van der Waals surface area contributed by atoms with Crippen LogP contribution in [0.25, 0.3) is 22.2 Å². The van der Waals surface area contributed by atoms with E-state index in [4.69, 9.17) is 4.74 Å². The summed E-state index contributed by atoms with van der Waals surface area (Å²) in [5.74, 6) is 2.27. The van der Waals surface area contributed by atoms with Crippen molar-refractivity contribution in [1.82, 2.24) is 10.3 Å². The van der Waals surface area contributed by atoms with Gasteiger partial charge in [0.25, 0.3) is 0 Å². The van der Waals surface area contributed by atoms with Crippen molar-refractivity contribution in [2.24, 2.45) is 17.3 Å². The molecule has 6 heteroatoms. The normalized spacial score (nSPS) is 26.0. The molecule has 4 aliphatic carbocycles. The van der Waals surface area contributed by atoms with Gasteiger partial charge in [0.2, 0.25) is 0 Å². The number of carbonyl (C=O) groups is 1. The molecule has 1 heterocycles. The number of Topliss-reactive ketones (excluding diaryl/α,β-unsaturated/α-hetero) is 1. The zero-order valence-corrected chi connectivity index (χ0v) is 29.0. The van der Waals surface area contributed by atoms with Gasteiger partial charge in [0.05, 0.1) is 6.10 Å². The monoisotopic (exact) mass is 662 g/mol. The Morgan fingerprint density at radius 1 is 0.959 bits per heavy atom. The van der Waals surface area contributed by atoms with E-state index in [0.29, 0.717) is 40.7 Å². The number of phenolic OH excluding ortho intramolecular Hbond substituents is 1. The van der Waals surface area contributed by atoms with Gasteiger partial charge in [-0.15, -0.1) is 0 Å². The number of aryl methyl sites for hydroxylation is 2. The fourth-order valence-electron chi connectivity index (χ4n) is 10.4. The van der Waals surface area contributed by atoms with Gasteiger partial charge in [-0.3, -0.25) is 4.79 Å². The largest absolute Gasteiger partial charge is 0.508 e. The quantitative estimate of drug-likeness (QED) is 0.140. The minimum Gasteiger partial charge on any atom is -0.508 e. The number of fused-ring (bicyclic) bond motifs is 5. The molecule has 0 bridgehead atoms. The van der Waals surface area contributed by atoms with Crippen molar-refractivity contribution >= 4 is 16.7 Å². The molecule has 2 saturated carbocycles. The molecule has 258 valence electrons. The Kier molecular flexibility index (Phi) is 9.13. The second-order valence-electron chi connectivity index (χ2n) is 15.7. The molecule has 1 unspecified atom stereocenters. The minimum atomic E-state index is -0.364. The fraction of sp³-hybridized carbons (Fsp3) is 0.512. The van der Waals surface area contributed by atoms with Gasteiger partial charge >= 0.3 is 0 Å². The maximum absolute atomic E-state index is 14.3. The predicted molar refractivity (Wildman–Crippen MR) is 194 cm³/mol. The number of nitrogens with one attached hydrogen (secondary N) is 2. The number of ether oxygens (including phenoxy) is 1. The number of hydrogen-bond acceptors (Lipinski definition) is 4. The van der Waals surface area contributed by atoms with Gasteiger partial charge in [-0.05, 0) is 146 Å². The highest BCUT2D eigenvalue weighted by Crippen LogP contribution is 2.61. The van der Waals surface area contributed by atoms with Gasteiger partial charge in [0.15, 0.2) is 5.78 Å². The van der Waals surface area contributed by atoms with E-state index in [9.17, 15) is 14.3 Å². The number of halogens is 1. The summed E-state index contributed by atoms with van der Waals surface area (Å²) in [5.41, 5.74) is 8.89. The van der Waals surface area contributed by atoms with Crippen LogP contribution in [0, 0.1) is 23.1 Å². The lowest BCUT2D eigenvalue weighted by atomic mass is 9.55. The third kappa shape index (κ3) is 6.25. The van der Waals surface area contributed by atoms with Crippen molar-refractivity contribution in [3.05, 3.63) is 88.2 Å². The van der Waals surface area contributed by atoms with E-state index in [1.54, 1.807) is 0 Å². The van der Waals surface area contributed by atoms with Gasteiger partial charge in [-0.2, -0.15) is 0 Å². The van der Waals surface area contributed by atoms with Gasteiger partial charge in [0, 0.05) is 41.7 Å². The summed E-state index contributed by atoms with van der Waals surface area (Å²) in [4.78, 5) is 16.0. The molecule has 4 aromatic rings. The van der Waals surface area contributed by atoms with E-state index in [2.05, 4.69) is 47.6 Å². The number of unbranched alkanes of at least 4 members (excludes halogenated alkanes) is 3. The van der Waals surface area contributed by atoms with Crippen molar-refractivity contribution in [1.29, 1.82) is 0 Å². The molecule has 1 aromatic heterocycles. The highest BCUT2D eigenvalue weighted by Gasteiger charge is 2.55. The highest BCUT2D eigenvalue weighted by atomic mass is 19.1. The van der Waals surface area contributed by atoms with E-state index in [1.165, 1.54) is 80.2 Å². The maximum Gasteiger partial charge on any atom is 0.163 e. The summed E-state index contributed by atoms with van der Waals surface area (Å²) in [5, 5.41) is 14.5. The second kappa shape index (κ2) is 13.7. The number of phenols is 1. The molecule has 5 atom stereocenters. The van der Waals surface area contributed by atoms with Crippen LogP contribution in [-0.4, -0.2) is 35.1 Å². The average molecular weight is 663 g/mol. The van der Waals surface area contributed by atoms with E-state index >= 15 is 0 Å². The predicted octanol–water partition coefficient (Wildman–Crippen LogP) is 9.79. The third-order valence-electron chi connectivity index (χ3n) is 12.9. The van der Waals surface area contributed by atoms with Crippen LogP contribution in [0.5, 0.6) is 5.75 Å². The third-order valence-corrected chi connectivity index (χ3v) is 12.9. The lowest BCUT2D eigenvalue weighted by Crippen LogP contribution is -2.44. The Morgan fingerprint density at radius 2 is 1.82 bits per heavy atom. The van der Waals surface area contributed by atoms with Crippen LogP contribution in [0.3, 0.4) is 0 Å². The van der Waals surface area contributed by atoms with Crippen LogP contribution in [0.4, 0.5) is 4.39 Å². The number of aromatic hydroxyl groups is 1. The Bertz CT molecular complexity index is 1830. The molecule has 49 heavy (non-hydrogen) atoms. The summed E-state index contributed by atoms with van der Waals surface area (Å²) in [6.07, 6.45) is 14.6. The molecule has 3 N–H and O–H groups in total. The number of carbonyl (C=O) groups excluding carboxylic acids is 1. The Hall–Kier alpha value is -3.48. The van der Waals surface area contributed by atoms with E-state index in [0.717, 1.165) is 79.4 Å². The lowest BCUT2D eigenvalue weighted by molar-refractivity contribution is -0.0647. The first-order chi connectivity index (χ1) is 23.9. The summed E-state index contributed by atoms with van der Waals surface area (Å²) in [6, 6.07) is 17.6. The molecule has 0 saturated heterocycles. The van der Waals surface area contributed by atoms with Gasteiger partial charge < -0.3 is 20.1 Å². The van der Waals surface area contributed by atoms with Crippen LogP contribution in [0.2, 0.25) is 0 Å². The van der Waals surface area contributed by atoms with Crippen molar-refractivity contribution in [3.63, 3.8) is 0 Å². The molecule has 0 aliphatic heterocycles. The van der Waals surface area contributed by atoms with Crippen LogP contribution in [-0.2, 0) is 24.1 Å². The summed E-state index contributed by atoms with van der Waals surface area (Å²) < 4.78 is 20.9. The highest BCUT2D eigenvalue weighted by molar-refractivity contribution is 6.11. The first-order valence-corrected chi connectivity index (χ1v) is 19.0. The molecular weight excluding hydrogens is 611 g/mol. The second-order valence-corrected chi connectivity index (χ2v) is 15.7. The van der Waals surface area contributed by atoms with E-state index in [1.807, 2.05) is 12.1 Å². The van der Waals surface area contributed by atoms with Gasteiger partial charge in [-0.25, -0.2) is 4.39 Å². The molecular formula is C43H51FN2O3. The van der Waals surface area contributed by atoms with Crippen LogP contribution < -0.4 is 5.32 Å². The fourth-order valence-corrected chi connectivity index (χ4v) is 10.4. The average Bonchev–Trinajstić information content (AvgIpc) is 3.58. The number of hydrogen-bond donors (Lipinski definition) is 3. The zero-order chi connectivity index (χ0) is 33.5. The molecule has 8 rings (SSSR count). The van der Waals surface area contributed by atoms with Crippen LogP contribution in [0.15, 0.2) is 54.6 Å². The Morgan fingerprint density at radius 3 is 2.69 bits per heavy atom. The molecule has 3 aromatic carbocycles. The molecule has 4 aliphatic rings.